The van der Waals surface area contributed by atoms with E-state index in [0.29, 0.717) is 6.04 Å². The van der Waals surface area contributed by atoms with Crippen LogP contribution in [0, 0.1) is 5.92 Å². The van der Waals surface area contributed by atoms with Crippen LogP contribution in [0.2, 0.25) is 0 Å². The van der Waals surface area contributed by atoms with Crippen LogP contribution in [0.3, 0.4) is 0 Å². The summed E-state index contributed by atoms with van der Waals surface area (Å²) < 4.78 is 0. The topological polar surface area (TPSA) is 24.9 Å². The minimum absolute atomic E-state index is 0.549. The van der Waals surface area contributed by atoms with Gasteiger partial charge in [-0.05, 0) is 25.3 Å². The van der Waals surface area contributed by atoms with Crippen molar-refractivity contribution in [2.75, 3.05) is 6.54 Å². The first-order valence-corrected chi connectivity index (χ1v) is 6.40. The van der Waals surface area contributed by atoms with Crippen molar-refractivity contribution in [1.82, 2.24) is 10.3 Å². The van der Waals surface area contributed by atoms with Crippen LogP contribution < -0.4 is 5.32 Å². The molecule has 1 heterocycles. The lowest BCUT2D eigenvalue weighted by atomic mass is 10.1. The van der Waals surface area contributed by atoms with E-state index in [0.717, 1.165) is 12.5 Å². The number of hydrogen-bond acceptors (Lipinski definition) is 3. The molecule has 1 atom stereocenters. The van der Waals surface area contributed by atoms with Crippen molar-refractivity contribution < 1.29 is 0 Å². The molecule has 0 spiro atoms. The normalized spacial score (nSPS) is 18.4. The van der Waals surface area contributed by atoms with Crippen LogP contribution in [0.1, 0.15) is 43.5 Å². The second-order valence-corrected chi connectivity index (χ2v) is 4.95. The number of nitrogens with zero attached hydrogens (tertiary/aromatic N) is 1. The van der Waals surface area contributed by atoms with Crippen LogP contribution in [-0.4, -0.2) is 11.5 Å². The maximum Gasteiger partial charge on any atom is 0.0794 e. The summed E-state index contributed by atoms with van der Waals surface area (Å²) in [4.78, 5) is 5.54. The molecule has 0 aromatic carbocycles. The van der Waals surface area contributed by atoms with Gasteiger partial charge in [0.05, 0.1) is 5.51 Å². The molecule has 0 radical (unpaired) electrons. The van der Waals surface area contributed by atoms with Crippen LogP contribution in [0.25, 0.3) is 0 Å². The third-order valence-corrected chi connectivity index (χ3v) is 3.70. The van der Waals surface area contributed by atoms with E-state index in [1.165, 1.54) is 30.6 Å². The van der Waals surface area contributed by atoms with E-state index in [1.807, 2.05) is 11.7 Å². The largest absolute Gasteiger partial charge is 0.309 e. The summed E-state index contributed by atoms with van der Waals surface area (Å²) in [6.07, 6.45) is 7.59. The highest BCUT2D eigenvalue weighted by molar-refractivity contribution is 7.09. The van der Waals surface area contributed by atoms with Crippen LogP contribution in [0.5, 0.6) is 0 Å². The van der Waals surface area contributed by atoms with Crippen LogP contribution in [0.4, 0.5) is 0 Å². The lowest BCUT2D eigenvalue weighted by Crippen LogP contribution is -2.20. The van der Waals surface area contributed by atoms with Gasteiger partial charge in [0.2, 0.25) is 0 Å². The Bertz CT molecular complexity index is 254. The van der Waals surface area contributed by atoms with Crippen molar-refractivity contribution in [3.63, 3.8) is 0 Å². The molecule has 1 fully saturated rings. The summed E-state index contributed by atoms with van der Waals surface area (Å²) >= 11 is 1.77. The van der Waals surface area contributed by atoms with Gasteiger partial charge in [-0.1, -0.05) is 19.8 Å². The summed E-state index contributed by atoms with van der Waals surface area (Å²) in [6, 6.07) is 0.549. The van der Waals surface area contributed by atoms with E-state index in [4.69, 9.17) is 0 Å². The van der Waals surface area contributed by atoms with Gasteiger partial charge in [0.25, 0.3) is 0 Å². The van der Waals surface area contributed by atoms with E-state index in [9.17, 15) is 0 Å². The Morgan fingerprint density at radius 3 is 3.07 bits per heavy atom. The van der Waals surface area contributed by atoms with Gasteiger partial charge in [-0.3, -0.25) is 4.98 Å². The first-order chi connectivity index (χ1) is 6.90. The summed E-state index contributed by atoms with van der Waals surface area (Å²) in [5, 5.41) is 3.54. The number of hydrogen-bond donors (Lipinski definition) is 1. The second-order valence-electron chi connectivity index (χ2n) is 4.03. The standard InChI is InChI=1S/C11H18N2S/c1-2-13-10(6-5-9-3-4-9)11-7-12-8-14-11/h7-10,13H,2-6H2,1H3. The maximum atomic E-state index is 4.15. The molecule has 0 amide bonds. The lowest BCUT2D eigenvalue weighted by Gasteiger charge is -2.15. The summed E-state index contributed by atoms with van der Waals surface area (Å²) in [5.74, 6) is 1.03. The van der Waals surface area contributed by atoms with Gasteiger partial charge in [0, 0.05) is 17.1 Å². The molecule has 1 aliphatic carbocycles. The highest BCUT2D eigenvalue weighted by atomic mass is 32.1. The molecule has 0 aliphatic heterocycles. The van der Waals surface area contributed by atoms with Crippen LogP contribution >= 0.6 is 11.3 Å². The molecule has 0 bridgehead atoms. The van der Waals surface area contributed by atoms with Gasteiger partial charge in [-0.25, -0.2) is 0 Å². The SMILES string of the molecule is CCNC(CCC1CC1)c1cncs1. The molecule has 1 aliphatic rings. The number of thiazole rings is 1. The molecule has 0 saturated heterocycles. The first-order valence-electron chi connectivity index (χ1n) is 5.52. The predicted molar refractivity (Wildman–Crippen MR) is 60.5 cm³/mol. The van der Waals surface area contributed by atoms with Crippen molar-refractivity contribution in [2.24, 2.45) is 5.92 Å². The fourth-order valence-electron chi connectivity index (χ4n) is 1.80. The third kappa shape index (κ3) is 2.79. The Balaban J connectivity index is 1.85. The Hall–Kier alpha value is -0.410. The van der Waals surface area contributed by atoms with Gasteiger partial charge in [0.15, 0.2) is 0 Å². The van der Waals surface area contributed by atoms with Crippen LogP contribution in [0.15, 0.2) is 11.7 Å². The van der Waals surface area contributed by atoms with Gasteiger partial charge in [-0.15, -0.1) is 11.3 Å². The molecular formula is C11H18N2S. The molecule has 14 heavy (non-hydrogen) atoms. The average Bonchev–Trinajstić information content (AvgIpc) is 2.86. The zero-order valence-corrected chi connectivity index (χ0v) is 9.52. The Morgan fingerprint density at radius 2 is 2.50 bits per heavy atom. The summed E-state index contributed by atoms with van der Waals surface area (Å²) in [6.45, 7) is 3.22. The van der Waals surface area contributed by atoms with E-state index in [2.05, 4.69) is 17.2 Å². The Morgan fingerprint density at radius 1 is 1.64 bits per heavy atom. The van der Waals surface area contributed by atoms with E-state index in [1.54, 1.807) is 11.3 Å². The predicted octanol–water partition coefficient (Wildman–Crippen LogP) is 2.98. The zero-order chi connectivity index (χ0) is 9.80. The van der Waals surface area contributed by atoms with Gasteiger partial charge < -0.3 is 5.32 Å². The highest BCUT2D eigenvalue weighted by Gasteiger charge is 2.23. The number of rotatable bonds is 6. The molecule has 1 aromatic rings. The van der Waals surface area contributed by atoms with Gasteiger partial charge >= 0.3 is 0 Å². The van der Waals surface area contributed by atoms with E-state index < -0.39 is 0 Å². The monoisotopic (exact) mass is 210 g/mol. The second kappa shape index (κ2) is 4.89. The Kier molecular flexibility index (Phi) is 3.54. The lowest BCUT2D eigenvalue weighted by molar-refractivity contribution is 0.487. The molecule has 3 heteroatoms. The molecule has 2 nitrogen and oxygen atoms in total. The molecule has 2 rings (SSSR count). The minimum Gasteiger partial charge on any atom is -0.309 e. The molecule has 1 saturated carbocycles. The molecule has 1 aromatic heterocycles. The Labute approximate surface area is 89.8 Å². The number of nitrogens with one attached hydrogen (secondary N) is 1. The van der Waals surface area contributed by atoms with E-state index >= 15 is 0 Å². The number of aromatic nitrogens is 1. The fourth-order valence-corrected chi connectivity index (χ4v) is 2.53. The van der Waals surface area contributed by atoms with E-state index in [-0.39, 0.29) is 0 Å². The van der Waals surface area contributed by atoms with Crippen molar-refractivity contribution >= 4 is 11.3 Å². The van der Waals surface area contributed by atoms with Gasteiger partial charge in [-0.2, -0.15) is 0 Å². The summed E-state index contributed by atoms with van der Waals surface area (Å²) in [7, 11) is 0. The molecule has 1 N–H and O–H groups in total. The quantitative estimate of drug-likeness (QED) is 0.780. The molecule has 1 unspecified atom stereocenters. The van der Waals surface area contributed by atoms with Gasteiger partial charge in [0.1, 0.15) is 0 Å². The van der Waals surface area contributed by atoms with Crippen molar-refractivity contribution in [1.29, 1.82) is 0 Å². The smallest absolute Gasteiger partial charge is 0.0794 e. The van der Waals surface area contributed by atoms with Crippen LogP contribution in [-0.2, 0) is 0 Å². The zero-order valence-electron chi connectivity index (χ0n) is 8.70. The molecular weight excluding hydrogens is 192 g/mol. The third-order valence-electron chi connectivity index (χ3n) is 2.81. The maximum absolute atomic E-state index is 4.15. The average molecular weight is 210 g/mol. The first kappa shape index (κ1) is 10.1. The highest BCUT2D eigenvalue weighted by Crippen LogP contribution is 2.36. The molecule has 78 valence electrons. The fraction of sp³-hybridized carbons (Fsp3) is 0.727. The minimum atomic E-state index is 0.549. The van der Waals surface area contributed by atoms with Crippen molar-refractivity contribution in [2.45, 2.75) is 38.6 Å². The summed E-state index contributed by atoms with van der Waals surface area (Å²) in [5.41, 5.74) is 1.93. The van der Waals surface area contributed by atoms with Crippen molar-refractivity contribution in [3.8, 4) is 0 Å². The van der Waals surface area contributed by atoms with Crippen molar-refractivity contribution in [3.05, 3.63) is 16.6 Å².